The maximum atomic E-state index is 12.1. The van der Waals surface area contributed by atoms with Crippen molar-refractivity contribution >= 4 is 17.9 Å². The minimum atomic E-state index is -0.414. The maximum absolute atomic E-state index is 12.1. The van der Waals surface area contributed by atoms with Gasteiger partial charge >= 0.3 is 6.09 Å². The van der Waals surface area contributed by atoms with Crippen LogP contribution in [0.1, 0.15) is 27.2 Å². The number of ether oxygens (including phenoxy) is 2. The molecule has 2 rings (SSSR count). The van der Waals surface area contributed by atoms with Gasteiger partial charge in [-0.1, -0.05) is 0 Å². The van der Waals surface area contributed by atoms with Crippen molar-refractivity contribution in [1.82, 2.24) is 4.90 Å². The van der Waals surface area contributed by atoms with Crippen LogP contribution in [0.2, 0.25) is 0 Å². The molecule has 2 saturated heterocycles. The number of amides is 1. The van der Waals surface area contributed by atoms with Gasteiger partial charge in [0, 0.05) is 24.2 Å². The van der Waals surface area contributed by atoms with Crippen molar-refractivity contribution in [3.8, 4) is 0 Å². The van der Waals surface area contributed by atoms with Gasteiger partial charge in [0.2, 0.25) is 0 Å². The first-order valence-corrected chi connectivity index (χ1v) is 7.21. The molecule has 0 saturated carbocycles. The van der Waals surface area contributed by atoms with Crippen molar-refractivity contribution in [1.29, 1.82) is 0 Å². The van der Waals surface area contributed by atoms with Crippen LogP contribution in [-0.4, -0.2) is 53.4 Å². The highest BCUT2D eigenvalue weighted by Crippen LogP contribution is 2.31. The molecule has 0 N–H and O–H groups in total. The fourth-order valence-corrected chi connectivity index (χ4v) is 3.53. The van der Waals surface area contributed by atoms with Gasteiger partial charge in [-0.05, 0) is 27.2 Å². The molecule has 0 aromatic carbocycles. The molecular formula is C12H21NO3S. The zero-order valence-electron chi connectivity index (χ0n) is 10.8. The topological polar surface area (TPSA) is 38.8 Å². The molecule has 2 heterocycles. The van der Waals surface area contributed by atoms with Crippen LogP contribution in [0.15, 0.2) is 0 Å². The zero-order chi connectivity index (χ0) is 12.5. The Morgan fingerprint density at radius 2 is 2.24 bits per heavy atom. The summed E-state index contributed by atoms with van der Waals surface area (Å²) in [4.78, 5) is 14.0. The summed E-state index contributed by atoms with van der Waals surface area (Å²) in [6.45, 7) is 8.03. The molecule has 98 valence electrons. The van der Waals surface area contributed by atoms with Crippen molar-refractivity contribution in [3.63, 3.8) is 0 Å². The monoisotopic (exact) mass is 259 g/mol. The summed E-state index contributed by atoms with van der Waals surface area (Å²) in [6, 6.07) is 0.289. The molecule has 0 spiro atoms. The fourth-order valence-electron chi connectivity index (χ4n) is 2.23. The molecule has 2 aliphatic heterocycles. The van der Waals surface area contributed by atoms with Crippen LogP contribution < -0.4 is 0 Å². The third kappa shape index (κ3) is 3.28. The summed E-state index contributed by atoms with van der Waals surface area (Å²) in [6.07, 6.45) is 0.756. The number of hydrogen-bond acceptors (Lipinski definition) is 4. The first-order chi connectivity index (χ1) is 7.97. The van der Waals surface area contributed by atoms with Crippen molar-refractivity contribution in [2.45, 2.75) is 44.1 Å². The van der Waals surface area contributed by atoms with Crippen LogP contribution in [0.5, 0.6) is 0 Å². The number of fused-ring (bicyclic) bond motifs is 1. The zero-order valence-corrected chi connectivity index (χ0v) is 11.6. The quantitative estimate of drug-likeness (QED) is 0.668. The molecule has 0 bridgehead atoms. The molecule has 0 aromatic heterocycles. The Kier molecular flexibility index (Phi) is 3.88. The highest BCUT2D eigenvalue weighted by Gasteiger charge is 2.38. The molecule has 0 aromatic rings. The smallest absolute Gasteiger partial charge is 0.410 e. The lowest BCUT2D eigenvalue weighted by Gasteiger charge is -2.43. The van der Waals surface area contributed by atoms with Crippen LogP contribution in [0.3, 0.4) is 0 Å². The normalized spacial score (nSPS) is 29.7. The van der Waals surface area contributed by atoms with E-state index in [0.29, 0.717) is 5.25 Å². The standard InChI is InChI=1S/C12H21NO3S/c1-12(2,3)16-11(14)13-5-7-17-10-8-15-6-4-9(10)13/h9-10H,4-8H2,1-3H3. The lowest BCUT2D eigenvalue weighted by molar-refractivity contribution is -0.00357. The van der Waals surface area contributed by atoms with Gasteiger partial charge in [-0.3, -0.25) is 0 Å². The average molecular weight is 259 g/mol. The highest BCUT2D eigenvalue weighted by molar-refractivity contribution is 8.00. The van der Waals surface area contributed by atoms with Gasteiger partial charge in [0.15, 0.2) is 0 Å². The summed E-state index contributed by atoms with van der Waals surface area (Å²) in [7, 11) is 0. The molecule has 2 unspecified atom stereocenters. The van der Waals surface area contributed by atoms with E-state index in [4.69, 9.17) is 9.47 Å². The molecule has 2 aliphatic rings. The van der Waals surface area contributed by atoms with Crippen molar-refractivity contribution in [3.05, 3.63) is 0 Å². The second-order valence-corrected chi connectivity index (χ2v) is 6.86. The van der Waals surface area contributed by atoms with Crippen LogP contribution in [0, 0.1) is 0 Å². The van der Waals surface area contributed by atoms with Crippen molar-refractivity contribution in [2.24, 2.45) is 0 Å². The van der Waals surface area contributed by atoms with E-state index in [9.17, 15) is 4.79 Å². The second kappa shape index (κ2) is 5.06. The number of hydrogen-bond donors (Lipinski definition) is 0. The highest BCUT2D eigenvalue weighted by atomic mass is 32.2. The van der Waals surface area contributed by atoms with Gasteiger partial charge < -0.3 is 14.4 Å². The number of carbonyl (C=O) groups is 1. The number of carbonyl (C=O) groups excluding carboxylic acids is 1. The molecule has 0 radical (unpaired) electrons. The Bertz CT molecular complexity index is 288. The van der Waals surface area contributed by atoms with E-state index < -0.39 is 5.60 Å². The predicted molar refractivity (Wildman–Crippen MR) is 68.4 cm³/mol. The van der Waals surface area contributed by atoms with E-state index in [1.54, 1.807) is 0 Å². The molecule has 2 atom stereocenters. The van der Waals surface area contributed by atoms with E-state index in [1.165, 1.54) is 0 Å². The van der Waals surface area contributed by atoms with E-state index >= 15 is 0 Å². The van der Waals surface area contributed by atoms with Crippen LogP contribution in [0.4, 0.5) is 4.79 Å². The van der Waals surface area contributed by atoms with Gasteiger partial charge in [0.1, 0.15) is 5.60 Å². The summed E-state index contributed by atoms with van der Waals surface area (Å²) < 4.78 is 10.9. The molecule has 1 amide bonds. The lowest BCUT2D eigenvalue weighted by atomic mass is 10.1. The maximum Gasteiger partial charge on any atom is 0.410 e. The number of rotatable bonds is 0. The Balaban J connectivity index is 2.01. The molecule has 0 aliphatic carbocycles. The largest absolute Gasteiger partial charge is 0.444 e. The van der Waals surface area contributed by atoms with E-state index in [-0.39, 0.29) is 12.1 Å². The molecule has 17 heavy (non-hydrogen) atoms. The third-order valence-electron chi connectivity index (χ3n) is 2.96. The second-order valence-electron chi connectivity index (χ2n) is 5.51. The van der Waals surface area contributed by atoms with E-state index in [2.05, 4.69) is 0 Å². The Morgan fingerprint density at radius 1 is 1.47 bits per heavy atom. The van der Waals surface area contributed by atoms with Crippen LogP contribution >= 0.6 is 11.8 Å². The molecular weight excluding hydrogens is 238 g/mol. The molecule has 5 heteroatoms. The van der Waals surface area contributed by atoms with Crippen molar-refractivity contribution < 1.29 is 14.3 Å². The van der Waals surface area contributed by atoms with Gasteiger partial charge in [0.05, 0.1) is 12.6 Å². The minimum absolute atomic E-state index is 0.172. The number of nitrogens with zero attached hydrogens (tertiary/aromatic N) is 1. The number of thioether (sulfide) groups is 1. The Labute approximate surface area is 107 Å². The SMILES string of the molecule is CC(C)(C)OC(=O)N1CCSC2COCCC21. The fraction of sp³-hybridized carbons (Fsp3) is 0.917. The third-order valence-corrected chi connectivity index (χ3v) is 4.26. The van der Waals surface area contributed by atoms with Gasteiger partial charge in [-0.15, -0.1) is 0 Å². The molecule has 4 nitrogen and oxygen atoms in total. The molecule has 2 fully saturated rings. The van der Waals surface area contributed by atoms with Gasteiger partial charge in [0.25, 0.3) is 0 Å². The van der Waals surface area contributed by atoms with Crippen LogP contribution in [-0.2, 0) is 9.47 Å². The first kappa shape index (κ1) is 13.0. The summed E-state index contributed by atoms with van der Waals surface area (Å²) in [5.74, 6) is 0.976. The predicted octanol–water partition coefficient (Wildman–Crippen LogP) is 2.13. The summed E-state index contributed by atoms with van der Waals surface area (Å²) in [5.41, 5.74) is -0.414. The Morgan fingerprint density at radius 3 is 2.94 bits per heavy atom. The van der Waals surface area contributed by atoms with Crippen LogP contribution in [0.25, 0.3) is 0 Å². The first-order valence-electron chi connectivity index (χ1n) is 6.16. The lowest BCUT2D eigenvalue weighted by Crippen LogP contribution is -2.55. The summed E-state index contributed by atoms with van der Waals surface area (Å²) in [5, 5.41) is 0.421. The van der Waals surface area contributed by atoms with E-state index in [0.717, 1.165) is 31.9 Å². The van der Waals surface area contributed by atoms with Gasteiger partial charge in [-0.25, -0.2) is 4.79 Å². The minimum Gasteiger partial charge on any atom is -0.444 e. The van der Waals surface area contributed by atoms with Gasteiger partial charge in [-0.2, -0.15) is 11.8 Å². The Hall–Kier alpha value is -0.420. The van der Waals surface area contributed by atoms with Crippen molar-refractivity contribution in [2.75, 3.05) is 25.5 Å². The van der Waals surface area contributed by atoms with E-state index in [1.807, 2.05) is 37.4 Å². The average Bonchev–Trinajstić information content (AvgIpc) is 2.26. The summed E-state index contributed by atoms with van der Waals surface area (Å²) >= 11 is 1.91.